The molecule has 0 saturated heterocycles. The first-order chi connectivity index (χ1) is 8.56. The Kier molecular flexibility index (Phi) is 5.62. The van der Waals surface area contributed by atoms with Crippen LogP contribution in [-0.2, 0) is 4.79 Å². The molecule has 0 aliphatic carbocycles. The maximum absolute atomic E-state index is 12.7. The van der Waals surface area contributed by atoms with E-state index in [0.717, 1.165) is 25.5 Å². The van der Waals surface area contributed by atoms with Crippen LogP contribution in [0.5, 0.6) is 0 Å². The van der Waals surface area contributed by atoms with Crippen molar-refractivity contribution in [1.29, 1.82) is 0 Å². The Morgan fingerprint density at radius 3 is 2.61 bits per heavy atom. The number of carbonyl (C=O) groups is 2. The third-order valence-electron chi connectivity index (χ3n) is 2.88. The van der Waals surface area contributed by atoms with Gasteiger partial charge in [-0.15, -0.1) is 0 Å². The van der Waals surface area contributed by atoms with Crippen molar-refractivity contribution in [3.8, 4) is 0 Å². The van der Waals surface area contributed by atoms with E-state index in [0.29, 0.717) is 6.42 Å². The van der Waals surface area contributed by atoms with Gasteiger partial charge in [-0.3, -0.25) is 14.6 Å². The van der Waals surface area contributed by atoms with Gasteiger partial charge in [0.1, 0.15) is 17.3 Å². The smallest absolute Gasteiger partial charge is 0.191 e. The van der Waals surface area contributed by atoms with Gasteiger partial charge < -0.3 is 0 Å². The molecule has 0 spiro atoms. The molecule has 0 aromatic carbocycles. The maximum Gasteiger partial charge on any atom is 0.191 e. The number of pyridine rings is 1. The number of hydrogen-bond acceptors (Lipinski definition) is 3. The van der Waals surface area contributed by atoms with Gasteiger partial charge in [0.15, 0.2) is 5.78 Å². The van der Waals surface area contributed by atoms with E-state index in [2.05, 4.69) is 11.9 Å². The molecular weight excluding hydrogens is 233 g/mol. The van der Waals surface area contributed by atoms with Gasteiger partial charge in [0.25, 0.3) is 0 Å². The minimum absolute atomic E-state index is 0.0698. The minimum Gasteiger partial charge on any atom is -0.299 e. The van der Waals surface area contributed by atoms with Crippen LogP contribution in [0.4, 0.5) is 4.39 Å². The Morgan fingerprint density at radius 1 is 1.33 bits per heavy atom. The van der Waals surface area contributed by atoms with Crippen molar-refractivity contribution in [1.82, 2.24) is 4.98 Å². The standard InChI is InChI=1S/C14H18FNO2/c1-3-4-5-6-13(17)10(2)14(18)12-8-7-11(15)9-16-12/h7-10H,3-6H2,1-2H3. The van der Waals surface area contributed by atoms with E-state index in [1.54, 1.807) is 6.92 Å². The second kappa shape index (κ2) is 6.99. The lowest BCUT2D eigenvalue weighted by Crippen LogP contribution is -2.22. The highest BCUT2D eigenvalue weighted by molar-refractivity contribution is 6.09. The normalized spacial score (nSPS) is 12.2. The van der Waals surface area contributed by atoms with Crippen LogP contribution in [0.25, 0.3) is 0 Å². The summed E-state index contributed by atoms with van der Waals surface area (Å²) in [7, 11) is 0. The van der Waals surface area contributed by atoms with Crippen molar-refractivity contribution >= 4 is 11.6 Å². The first-order valence-corrected chi connectivity index (χ1v) is 6.24. The molecule has 0 bridgehead atoms. The summed E-state index contributed by atoms with van der Waals surface area (Å²) in [5.74, 6) is -1.59. The van der Waals surface area contributed by atoms with Gasteiger partial charge in [-0.05, 0) is 25.5 Å². The summed E-state index contributed by atoms with van der Waals surface area (Å²) in [4.78, 5) is 27.4. The van der Waals surface area contributed by atoms with Gasteiger partial charge in [0, 0.05) is 6.42 Å². The summed E-state index contributed by atoms with van der Waals surface area (Å²) in [5, 5.41) is 0. The highest BCUT2D eigenvalue weighted by Gasteiger charge is 2.22. The molecular formula is C14H18FNO2. The fraction of sp³-hybridized carbons (Fsp3) is 0.500. The van der Waals surface area contributed by atoms with Crippen molar-refractivity contribution in [3.05, 3.63) is 29.8 Å². The maximum atomic E-state index is 12.7. The highest BCUT2D eigenvalue weighted by Crippen LogP contribution is 2.12. The molecule has 0 saturated carbocycles. The second-order valence-corrected chi connectivity index (χ2v) is 4.37. The van der Waals surface area contributed by atoms with E-state index in [9.17, 15) is 14.0 Å². The Bertz CT molecular complexity index is 414. The van der Waals surface area contributed by atoms with Crippen LogP contribution >= 0.6 is 0 Å². The molecule has 0 aliphatic rings. The van der Waals surface area contributed by atoms with Gasteiger partial charge in [-0.1, -0.05) is 19.8 Å². The van der Waals surface area contributed by atoms with Crippen molar-refractivity contribution in [2.45, 2.75) is 39.5 Å². The first kappa shape index (κ1) is 14.5. The highest BCUT2D eigenvalue weighted by atomic mass is 19.1. The number of aromatic nitrogens is 1. The fourth-order valence-corrected chi connectivity index (χ4v) is 1.66. The Morgan fingerprint density at radius 2 is 2.06 bits per heavy atom. The van der Waals surface area contributed by atoms with Crippen LogP contribution in [-0.4, -0.2) is 16.6 Å². The predicted octanol–water partition coefficient (Wildman–Crippen LogP) is 3.19. The largest absolute Gasteiger partial charge is 0.299 e. The van der Waals surface area contributed by atoms with Crippen molar-refractivity contribution in [2.24, 2.45) is 5.92 Å². The van der Waals surface area contributed by atoms with Gasteiger partial charge in [0.2, 0.25) is 0 Å². The quantitative estimate of drug-likeness (QED) is 0.425. The van der Waals surface area contributed by atoms with Crippen molar-refractivity contribution in [2.75, 3.05) is 0 Å². The Hall–Kier alpha value is -1.58. The topological polar surface area (TPSA) is 47.0 Å². The van der Waals surface area contributed by atoms with Gasteiger partial charge in [-0.2, -0.15) is 0 Å². The van der Waals surface area contributed by atoms with E-state index < -0.39 is 11.7 Å². The minimum atomic E-state index is -0.695. The van der Waals surface area contributed by atoms with Crippen molar-refractivity contribution in [3.63, 3.8) is 0 Å². The lowest BCUT2D eigenvalue weighted by Gasteiger charge is -2.08. The van der Waals surface area contributed by atoms with Crippen LogP contribution in [0, 0.1) is 11.7 Å². The molecule has 0 fully saturated rings. The van der Waals surface area contributed by atoms with Crippen LogP contribution in [0.1, 0.15) is 50.0 Å². The van der Waals surface area contributed by atoms with E-state index in [4.69, 9.17) is 0 Å². The van der Waals surface area contributed by atoms with E-state index in [1.807, 2.05) is 0 Å². The molecule has 98 valence electrons. The lowest BCUT2D eigenvalue weighted by atomic mass is 9.95. The molecule has 1 aromatic heterocycles. The third-order valence-corrected chi connectivity index (χ3v) is 2.88. The van der Waals surface area contributed by atoms with E-state index >= 15 is 0 Å². The average molecular weight is 251 g/mol. The summed E-state index contributed by atoms with van der Waals surface area (Å²) in [6.07, 6.45) is 4.24. The van der Waals surface area contributed by atoms with Crippen LogP contribution in [0.2, 0.25) is 0 Å². The predicted molar refractivity (Wildman–Crippen MR) is 66.8 cm³/mol. The van der Waals surface area contributed by atoms with E-state index in [-0.39, 0.29) is 17.3 Å². The Balaban J connectivity index is 2.60. The average Bonchev–Trinajstić information content (AvgIpc) is 2.38. The number of hydrogen-bond donors (Lipinski definition) is 0. The van der Waals surface area contributed by atoms with Gasteiger partial charge in [0.05, 0.1) is 12.1 Å². The number of Topliss-reactive ketones (excluding diaryl/α,β-unsaturated/α-hetero) is 2. The number of halogens is 1. The molecule has 1 aromatic rings. The van der Waals surface area contributed by atoms with Crippen LogP contribution < -0.4 is 0 Å². The summed E-state index contributed by atoms with van der Waals surface area (Å²) in [5.41, 5.74) is 0.146. The molecule has 3 nitrogen and oxygen atoms in total. The van der Waals surface area contributed by atoms with Gasteiger partial charge >= 0.3 is 0 Å². The fourth-order valence-electron chi connectivity index (χ4n) is 1.66. The first-order valence-electron chi connectivity index (χ1n) is 6.24. The monoisotopic (exact) mass is 251 g/mol. The number of nitrogens with zero attached hydrogens (tertiary/aromatic N) is 1. The molecule has 0 aliphatic heterocycles. The third kappa shape index (κ3) is 4.02. The zero-order valence-electron chi connectivity index (χ0n) is 10.8. The molecule has 4 heteroatoms. The molecule has 0 amide bonds. The van der Waals surface area contributed by atoms with Crippen LogP contribution in [0.15, 0.2) is 18.3 Å². The number of rotatable bonds is 7. The lowest BCUT2D eigenvalue weighted by molar-refractivity contribution is -0.121. The zero-order valence-corrected chi connectivity index (χ0v) is 10.8. The second-order valence-electron chi connectivity index (χ2n) is 4.37. The molecule has 0 radical (unpaired) electrons. The SMILES string of the molecule is CCCCCC(=O)C(C)C(=O)c1ccc(F)cn1. The summed E-state index contributed by atoms with van der Waals surface area (Å²) >= 11 is 0. The summed E-state index contributed by atoms with van der Waals surface area (Å²) < 4.78 is 12.7. The summed E-state index contributed by atoms with van der Waals surface area (Å²) in [6.45, 7) is 3.64. The van der Waals surface area contributed by atoms with E-state index in [1.165, 1.54) is 12.1 Å². The number of unbranched alkanes of at least 4 members (excludes halogenated alkanes) is 2. The van der Waals surface area contributed by atoms with Crippen molar-refractivity contribution < 1.29 is 14.0 Å². The molecule has 1 heterocycles. The molecule has 0 N–H and O–H groups in total. The number of carbonyl (C=O) groups excluding carboxylic acids is 2. The Labute approximate surface area is 106 Å². The molecule has 1 unspecified atom stereocenters. The number of ketones is 2. The molecule has 18 heavy (non-hydrogen) atoms. The van der Waals surface area contributed by atoms with Crippen LogP contribution in [0.3, 0.4) is 0 Å². The molecule has 1 rings (SSSR count). The zero-order chi connectivity index (χ0) is 13.5. The van der Waals surface area contributed by atoms with Gasteiger partial charge in [-0.25, -0.2) is 4.39 Å². The summed E-state index contributed by atoms with van der Waals surface area (Å²) in [6, 6.07) is 2.49. The molecule has 1 atom stereocenters.